The van der Waals surface area contributed by atoms with Crippen molar-refractivity contribution in [2.75, 3.05) is 7.11 Å². The van der Waals surface area contributed by atoms with Crippen LogP contribution in [0.2, 0.25) is 5.02 Å². The molecule has 6 nitrogen and oxygen atoms in total. The van der Waals surface area contributed by atoms with Crippen LogP contribution in [0, 0.1) is 5.92 Å². The van der Waals surface area contributed by atoms with Crippen molar-refractivity contribution in [3.05, 3.63) is 94.3 Å². The predicted molar refractivity (Wildman–Crippen MR) is 117 cm³/mol. The van der Waals surface area contributed by atoms with Crippen LogP contribution in [0.1, 0.15) is 28.3 Å². The number of pyridine rings is 1. The van der Waals surface area contributed by atoms with Crippen LogP contribution in [0.4, 0.5) is 13.2 Å². The minimum absolute atomic E-state index is 0.0276. The summed E-state index contributed by atoms with van der Waals surface area (Å²) < 4.78 is 51.0. The molecule has 1 aliphatic carbocycles. The van der Waals surface area contributed by atoms with Gasteiger partial charge in [0.05, 0.1) is 23.6 Å². The Morgan fingerprint density at radius 1 is 1.14 bits per heavy atom. The molecule has 0 saturated heterocycles. The molecule has 1 aromatic heterocycles. The Balaban J connectivity index is 1.85. The normalized spacial score (nSPS) is 27.2. The van der Waals surface area contributed by atoms with Gasteiger partial charge >= 0.3 is 12.1 Å². The second-order valence-electron chi connectivity index (χ2n) is 8.40. The molecule has 2 heterocycles. The second kappa shape index (κ2) is 7.79. The highest BCUT2D eigenvalue weighted by Crippen LogP contribution is 2.64. The third-order valence-electron chi connectivity index (χ3n) is 6.61. The van der Waals surface area contributed by atoms with Crippen LogP contribution in [-0.2, 0) is 31.7 Å². The van der Waals surface area contributed by atoms with E-state index in [1.807, 2.05) is 0 Å². The Morgan fingerprint density at radius 2 is 1.80 bits per heavy atom. The van der Waals surface area contributed by atoms with Crippen LogP contribution in [-0.4, -0.2) is 29.0 Å². The van der Waals surface area contributed by atoms with Gasteiger partial charge in [-0.25, -0.2) is 0 Å². The number of fused-ring (bicyclic) bond motifs is 4. The average Bonchev–Trinajstić information content (AvgIpc) is 2.97. The quantitative estimate of drug-likeness (QED) is 0.534. The van der Waals surface area contributed by atoms with Gasteiger partial charge in [-0.05, 0) is 17.7 Å². The summed E-state index contributed by atoms with van der Waals surface area (Å²) >= 11 is 6.09. The summed E-state index contributed by atoms with van der Waals surface area (Å²) in [6, 6.07) is 13.5. The van der Waals surface area contributed by atoms with Gasteiger partial charge in [-0.1, -0.05) is 54.1 Å². The first-order valence-corrected chi connectivity index (χ1v) is 10.9. The Hall–Kier alpha value is -3.43. The highest BCUT2D eigenvalue weighted by atomic mass is 35.5. The maximum absolute atomic E-state index is 14.1. The third-order valence-corrected chi connectivity index (χ3v) is 6.82. The topological polar surface area (TPSA) is 85.7 Å². The predicted octanol–water partition coefficient (Wildman–Crippen LogP) is 4.39. The summed E-state index contributed by atoms with van der Waals surface area (Å²) in [7, 11) is 1.11. The number of benzene rings is 2. The summed E-state index contributed by atoms with van der Waals surface area (Å²) in [4.78, 5) is 31.3. The Morgan fingerprint density at radius 3 is 2.40 bits per heavy atom. The highest BCUT2D eigenvalue weighted by molar-refractivity contribution is 6.30. The summed E-state index contributed by atoms with van der Waals surface area (Å²) in [6.07, 6.45) is -3.41. The number of ether oxygens (including phenoxy) is 2. The molecule has 4 atom stereocenters. The zero-order valence-corrected chi connectivity index (χ0v) is 18.8. The molecule has 10 heteroatoms. The van der Waals surface area contributed by atoms with E-state index >= 15 is 0 Å². The number of carbonyl (C=O) groups excluding carboxylic acids is 2. The molecule has 0 radical (unpaired) electrons. The highest BCUT2D eigenvalue weighted by Gasteiger charge is 2.77. The van der Waals surface area contributed by atoms with Crippen molar-refractivity contribution in [1.29, 1.82) is 0 Å². The van der Waals surface area contributed by atoms with Crippen molar-refractivity contribution >= 4 is 23.4 Å². The van der Waals surface area contributed by atoms with Crippen LogP contribution in [0.3, 0.4) is 0 Å². The fourth-order valence-corrected chi connectivity index (χ4v) is 5.31. The van der Waals surface area contributed by atoms with E-state index in [2.05, 4.69) is 4.98 Å². The molecule has 1 fully saturated rings. The Labute approximate surface area is 202 Å². The molecule has 2 unspecified atom stereocenters. The SMILES string of the molecule is COC(=O)[C@@H]1C(c2ccccc2)C2(c3ccc(C(F)(F)F)cc3)Oc3cc(Cl)cnc3[C@@]1(O)C2=O. The Bertz CT molecular complexity index is 1330. The second-order valence-corrected chi connectivity index (χ2v) is 8.83. The van der Waals surface area contributed by atoms with Gasteiger partial charge in [-0.2, -0.15) is 13.2 Å². The minimum atomic E-state index is -4.61. The van der Waals surface area contributed by atoms with Gasteiger partial charge < -0.3 is 14.6 Å². The lowest BCUT2D eigenvalue weighted by molar-refractivity contribution is -0.163. The molecule has 0 spiro atoms. The zero-order valence-electron chi connectivity index (χ0n) is 18.0. The van der Waals surface area contributed by atoms with Gasteiger partial charge in [0.2, 0.25) is 11.4 Å². The molecule has 2 bridgehead atoms. The first kappa shape index (κ1) is 23.3. The van der Waals surface area contributed by atoms with Crippen molar-refractivity contribution < 1.29 is 37.3 Å². The third kappa shape index (κ3) is 3.18. The number of alkyl halides is 3. The van der Waals surface area contributed by atoms with Gasteiger partial charge in [0.25, 0.3) is 0 Å². The standard InChI is InChI=1S/C25H17ClF3NO5/c1-34-21(31)19-18(13-5-3-2-4-6-13)24(14-7-9-15(10-8-14)25(27,28)29)22(32)23(19,33)20-17(35-24)11-16(26)12-30-20/h2-12,18-19,33H,1H3/t18?,19-,23+,24?/m0/s1. The number of esters is 1. The molecule has 1 N–H and O–H groups in total. The molecule has 35 heavy (non-hydrogen) atoms. The minimum Gasteiger partial charge on any atom is -0.472 e. The number of methoxy groups -OCH3 is 1. The first-order chi connectivity index (χ1) is 16.5. The average molecular weight is 504 g/mol. The number of hydrogen-bond acceptors (Lipinski definition) is 6. The van der Waals surface area contributed by atoms with E-state index in [1.54, 1.807) is 30.3 Å². The van der Waals surface area contributed by atoms with Crippen LogP contribution < -0.4 is 4.74 Å². The fraction of sp³-hybridized carbons (Fsp3) is 0.240. The molecule has 2 aliphatic rings. The smallest absolute Gasteiger partial charge is 0.416 e. The number of rotatable bonds is 3. The van der Waals surface area contributed by atoms with Crippen LogP contribution in [0.25, 0.3) is 0 Å². The van der Waals surface area contributed by atoms with Crippen LogP contribution >= 0.6 is 11.6 Å². The summed E-state index contributed by atoms with van der Waals surface area (Å²) in [5.74, 6) is -4.59. The van der Waals surface area contributed by atoms with Gasteiger partial charge in [0, 0.05) is 17.8 Å². The van der Waals surface area contributed by atoms with E-state index in [4.69, 9.17) is 21.1 Å². The van der Waals surface area contributed by atoms with E-state index in [1.165, 1.54) is 12.3 Å². The summed E-state index contributed by atoms with van der Waals surface area (Å²) in [5.41, 5.74) is -5.25. The molecular formula is C25H17ClF3NO5. The maximum Gasteiger partial charge on any atom is 0.416 e. The van der Waals surface area contributed by atoms with Gasteiger partial charge in [0.1, 0.15) is 17.4 Å². The number of aliphatic hydroxyl groups is 1. The molecule has 5 rings (SSSR count). The number of aromatic nitrogens is 1. The molecular weight excluding hydrogens is 487 g/mol. The van der Waals surface area contributed by atoms with Gasteiger partial charge in [-0.3, -0.25) is 14.6 Å². The van der Waals surface area contributed by atoms with Gasteiger partial charge in [0.15, 0.2) is 5.60 Å². The lowest BCUT2D eigenvalue weighted by Crippen LogP contribution is -2.51. The number of nitrogens with zero attached hydrogens (tertiary/aromatic N) is 1. The summed E-state index contributed by atoms with van der Waals surface area (Å²) in [6.45, 7) is 0. The molecule has 180 valence electrons. The number of carbonyl (C=O) groups is 2. The first-order valence-electron chi connectivity index (χ1n) is 10.5. The van der Waals surface area contributed by atoms with E-state index in [0.29, 0.717) is 5.56 Å². The van der Waals surface area contributed by atoms with Crippen LogP contribution in [0.15, 0.2) is 66.9 Å². The Kier molecular flexibility index (Phi) is 5.19. The van der Waals surface area contributed by atoms with E-state index in [-0.39, 0.29) is 22.0 Å². The fourth-order valence-electron chi connectivity index (χ4n) is 5.16. The molecule has 1 aliphatic heterocycles. The lowest BCUT2D eigenvalue weighted by Gasteiger charge is -2.39. The summed E-state index contributed by atoms with van der Waals surface area (Å²) in [5, 5.41) is 12.1. The number of hydrogen-bond donors (Lipinski definition) is 1. The zero-order chi connectivity index (χ0) is 25.2. The molecule has 0 amide bonds. The van der Waals surface area contributed by atoms with E-state index in [9.17, 15) is 27.9 Å². The number of Topliss-reactive ketones (excluding diaryl/α,β-unsaturated/α-hetero) is 1. The lowest BCUT2D eigenvalue weighted by atomic mass is 9.75. The largest absolute Gasteiger partial charge is 0.472 e. The number of halogens is 4. The van der Waals surface area contributed by atoms with Gasteiger partial charge in [-0.15, -0.1) is 0 Å². The van der Waals surface area contributed by atoms with Crippen molar-refractivity contribution in [2.24, 2.45) is 5.92 Å². The van der Waals surface area contributed by atoms with E-state index in [0.717, 1.165) is 31.4 Å². The van der Waals surface area contributed by atoms with Crippen molar-refractivity contribution in [3.63, 3.8) is 0 Å². The molecule has 2 aromatic carbocycles. The maximum atomic E-state index is 14.1. The monoisotopic (exact) mass is 503 g/mol. The number of ketones is 1. The van der Waals surface area contributed by atoms with E-state index < -0.39 is 46.5 Å². The van der Waals surface area contributed by atoms with Crippen molar-refractivity contribution in [3.8, 4) is 5.75 Å². The van der Waals surface area contributed by atoms with Crippen molar-refractivity contribution in [1.82, 2.24) is 4.98 Å². The molecule has 3 aromatic rings. The van der Waals surface area contributed by atoms with Crippen molar-refractivity contribution in [2.45, 2.75) is 23.3 Å². The van der Waals surface area contributed by atoms with Crippen LogP contribution in [0.5, 0.6) is 5.75 Å². The molecule has 1 saturated carbocycles.